The van der Waals surface area contributed by atoms with E-state index < -0.39 is 5.82 Å². The lowest BCUT2D eigenvalue weighted by Gasteiger charge is -2.14. The summed E-state index contributed by atoms with van der Waals surface area (Å²) in [6.07, 6.45) is 0. The summed E-state index contributed by atoms with van der Waals surface area (Å²) in [4.78, 5) is 0. The van der Waals surface area contributed by atoms with Crippen LogP contribution in [0, 0.1) is 31.0 Å². The predicted octanol–water partition coefficient (Wildman–Crippen LogP) is 2.33. The van der Waals surface area contributed by atoms with E-state index in [0.717, 1.165) is 0 Å². The van der Waals surface area contributed by atoms with Crippen LogP contribution in [0.25, 0.3) is 0 Å². The highest BCUT2D eigenvalue weighted by Crippen LogP contribution is 2.36. The minimum absolute atomic E-state index is 0.102. The van der Waals surface area contributed by atoms with Crippen LogP contribution in [0.3, 0.4) is 0 Å². The van der Waals surface area contributed by atoms with E-state index in [4.69, 9.17) is 14.7 Å². The summed E-state index contributed by atoms with van der Waals surface area (Å²) in [7, 11) is 2.78. The molecule has 80 valence electrons. The second-order valence-corrected chi connectivity index (χ2v) is 3.12. The minimum Gasteiger partial charge on any atom is -0.495 e. The van der Waals surface area contributed by atoms with Gasteiger partial charge >= 0.3 is 0 Å². The van der Waals surface area contributed by atoms with Gasteiger partial charge in [-0.2, -0.15) is 5.26 Å². The molecule has 0 radical (unpaired) electrons. The Balaban J connectivity index is 3.67. The zero-order valence-corrected chi connectivity index (χ0v) is 9.14. The monoisotopic (exact) mass is 209 g/mol. The third-order valence-corrected chi connectivity index (χ3v) is 2.33. The Hall–Kier alpha value is -1.76. The molecule has 0 amide bonds. The average Bonchev–Trinajstić information content (AvgIpc) is 2.23. The molecule has 15 heavy (non-hydrogen) atoms. The average molecular weight is 209 g/mol. The van der Waals surface area contributed by atoms with Gasteiger partial charge in [-0.05, 0) is 13.8 Å². The molecule has 0 bridgehead atoms. The number of nitriles is 1. The molecule has 0 spiro atoms. The Morgan fingerprint density at radius 3 is 2.00 bits per heavy atom. The van der Waals surface area contributed by atoms with Crippen molar-refractivity contribution >= 4 is 0 Å². The van der Waals surface area contributed by atoms with Crippen LogP contribution < -0.4 is 9.47 Å². The smallest absolute Gasteiger partial charge is 0.172 e. The van der Waals surface area contributed by atoms with Crippen LogP contribution in [0.1, 0.15) is 16.7 Å². The van der Waals surface area contributed by atoms with E-state index in [1.807, 2.05) is 6.07 Å². The van der Waals surface area contributed by atoms with Crippen molar-refractivity contribution in [1.29, 1.82) is 5.26 Å². The summed E-state index contributed by atoms with van der Waals surface area (Å²) < 4.78 is 23.6. The van der Waals surface area contributed by atoms with Gasteiger partial charge in [0, 0.05) is 11.1 Å². The van der Waals surface area contributed by atoms with Gasteiger partial charge in [0.05, 0.1) is 14.2 Å². The van der Waals surface area contributed by atoms with Crippen LogP contribution in [0.5, 0.6) is 11.5 Å². The molecule has 0 heterocycles. The second-order valence-electron chi connectivity index (χ2n) is 3.12. The van der Waals surface area contributed by atoms with Crippen molar-refractivity contribution < 1.29 is 13.9 Å². The fraction of sp³-hybridized carbons (Fsp3) is 0.364. The first-order valence-electron chi connectivity index (χ1n) is 4.39. The van der Waals surface area contributed by atoms with E-state index >= 15 is 0 Å². The lowest BCUT2D eigenvalue weighted by molar-refractivity contribution is 0.370. The maximum Gasteiger partial charge on any atom is 0.172 e. The summed E-state index contributed by atoms with van der Waals surface area (Å²) >= 11 is 0. The molecule has 0 saturated carbocycles. The van der Waals surface area contributed by atoms with Gasteiger partial charge in [-0.1, -0.05) is 0 Å². The molecular weight excluding hydrogens is 197 g/mol. The molecule has 0 N–H and O–H groups in total. The summed E-state index contributed by atoms with van der Waals surface area (Å²) in [5, 5.41) is 8.96. The topological polar surface area (TPSA) is 42.2 Å². The first kappa shape index (κ1) is 11.3. The molecule has 1 rings (SSSR count). The maximum atomic E-state index is 13.7. The molecule has 4 heteroatoms. The fourth-order valence-electron chi connectivity index (χ4n) is 1.54. The largest absolute Gasteiger partial charge is 0.495 e. The minimum atomic E-state index is -0.481. The predicted molar refractivity (Wildman–Crippen MR) is 53.7 cm³/mol. The molecule has 0 aromatic heterocycles. The van der Waals surface area contributed by atoms with Gasteiger partial charge in [0.2, 0.25) is 0 Å². The molecule has 0 fully saturated rings. The van der Waals surface area contributed by atoms with Gasteiger partial charge in [-0.25, -0.2) is 4.39 Å². The third kappa shape index (κ3) is 1.61. The van der Waals surface area contributed by atoms with E-state index in [9.17, 15) is 4.39 Å². The van der Waals surface area contributed by atoms with Crippen LogP contribution in [-0.4, -0.2) is 14.2 Å². The SMILES string of the molecule is COc1c(C)c(C#N)c(OC)c(C)c1F. The highest BCUT2D eigenvalue weighted by Gasteiger charge is 2.20. The van der Waals surface area contributed by atoms with Crippen LogP contribution >= 0.6 is 0 Å². The number of hydrogen-bond acceptors (Lipinski definition) is 3. The van der Waals surface area contributed by atoms with Crippen LogP contribution in [0.2, 0.25) is 0 Å². The van der Waals surface area contributed by atoms with Gasteiger partial charge in [-0.3, -0.25) is 0 Å². The summed E-state index contributed by atoms with van der Waals surface area (Å²) in [5.41, 5.74) is 1.06. The zero-order valence-electron chi connectivity index (χ0n) is 9.14. The highest BCUT2D eigenvalue weighted by atomic mass is 19.1. The van der Waals surface area contributed by atoms with Crippen molar-refractivity contribution in [3.63, 3.8) is 0 Å². The van der Waals surface area contributed by atoms with E-state index in [1.54, 1.807) is 13.8 Å². The maximum absolute atomic E-state index is 13.7. The number of benzene rings is 1. The first-order valence-corrected chi connectivity index (χ1v) is 4.39. The van der Waals surface area contributed by atoms with Crippen LogP contribution in [-0.2, 0) is 0 Å². The van der Waals surface area contributed by atoms with Gasteiger partial charge in [0.1, 0.15) is 17.4 Å². The quantitative estimate of drug-likeness (QED) is 0.750. The normalized spacial score (nSPS) is 9.60. The van der Waals surface area contributed by atoms with E-state index in [0.29, 0.717) is 11.1 Å². The number of rotatable bonds is 2. The zero-order chi connectivity index (χ0) is 11.6. The van der Waals surface area contributed by atoms with E-state index in [1.165, 1.54) is 14.2 Å². The summed E-state index contributed by atoms with van der Waals surface area (Å²) in [6, 6.07) is 1.99. The molecular formula is C11H12FNO2. The Morgan fingerprint density at radius 2 is 1.60 bits per heavy atom. The standard InChI is InChI=1S/C11H12FNO2/c1-6-8(5-13)10(14-3)7(2)9(12)11(6)15-4/h1-4H3. The lowest BCUT2D eigenvalue weighted by Crippen LogP contribution is -2.02. The molecule has 0 aliphatic rings. The van der Waals surface area contributed by atoms with Gasteiger partial charge in [-0.15, -0.1) is 0 Å². The van der Waals surface area contributed by atoms with Crippen molar-refractivity contribution in [1.82, 2.24) is 0 Å². The molecule has 0 unspecified atom stereocenters. The molecule has 0 atom stereocenters. The second kappa shape index (κ2) is 4.18. The number of halogens is 1. The van der Waals surface area contributed by atoms with Crippen molar-refractivity contribution in [3.05, 3.63) is 22.5 Å². The number of nitrogens with zero attached hydrogens (tertiary/aromatic N) is 1. The Morgan fingerprint density at radius 1 is 1.07 bits per heavy atom. The molecule has 3 nitrogen and oxygen atoms in total. The number of methoxy groups -OCH3 is 2. The molecule has 0 aliphatic heterocycles. The fourth-order valence-corrected chi connectivity index (χ4v) is 1.54. The third-order valence-electron chi connectivity index (χ3n) is 2.33. The van der Waals surface area contributed by atoms with Crippen LogP contribution in [0.15, 0.2) is 0 Å². The number of hydrogen-bond donors (Lipinski definition) is 0. The Bertz CT molecular complexity index is 435. The number of ether oxygens (including phenoxy) is 2. The van der Waals surface area contributed by atoms with E-state index in [-0.39, 0.29) is 17.1 Å². The molecule has 1 aromatic carbocycles. The lowest BCUT2D eigenvalue weighted by atomic mass is 10.0. The first-order chi connectivity index (χ1) is 7.08. The Kier molecular flexibility index (Phi) is 3.15. The van der Waals surface area contributed by atoms with Crippen LogP contribution in [0.4, 0.5) is 4.39 Å². The molecule has 1 aromatic rings. The Labute approximate surface area is 88.0 Å². The summed E-state index contributed by atoms with van der Waals surface area (Å²) in [5.74, 6) is -0.107. The molecule has 0 saturated heterocycles. The van der Waals surface area contributed by atoms with Gasteiger partial charge in [0.25, 0.3) is 0 Å². The van der Waals surface area contributed by atoms with Crippen molar-refractivity contribution in [2.75, 3.05) is 14.2 Å². The van der Waals surface area contributed by atoms with E-state index in [2.05, 4.69) is 0 Å². The van der Waals surface area contributed by atoms with Gasteiger partial charge in [0.15, 0.2) is 11.6 Å². The van der Waals surface area contributed by atoms with Crippen molar-refractivity contribution in [2.45, 2.75) is 13.8 Å². The van der Waals surface area contributed by atoms with Crippen molar-refractivity contribution in [3.8, 4) is 17.6 Å². The highest BCUT2D eigenvalue weighted by molar-refractivity contribution is 5.59. The summed E-state index contributed by atoms with van der Waals surface area (Å²) in [6.45, 7) is 3.18. The molecule has 0 aliphatic carbocycles. The van der Waals surface area contributed by atoms with Gasteiger partial charge < -0.3 is 9.47 Å². The van der Waals surface area contributed by atoms with Crippen molar-refractivity contribution in [2.24, 2.45) is 0 Å².